The average molecular weight is 505 g/mol. The summed E-state index contributed by atoms with van der Waals surface area (Å²) >= 11 is 0. The molecule has 0 N–H and O–H groups in total. The van der Waals surface area contributed by atoms with Crippen molar-refractivity contribution in [2.45, 2.75) is 40.2 Å². The Labute approximate surface area is 205 Å². The highest BCUT2D eigenvalue weighted by Gasteiger charge is 2.31. The summed E-state index contributed by atoms with van der Waals surface area (Å²) in [6.07, 6.45) is -0.289. The van der Waals surface area contributed by atoms with Crippen molar-refractivity contribution in [2.24, 2.45) is 0 Å². The number of fused-ring (bicyclic) bond motifs is 1. The molecule has 10 heteroatoms. The lowest BCUT2D eigenvalue weighted by Crippen LogP contribution is -2.50. The molecule has 35 heavy (non-hydrogen) atoms. The van der Waals surface area contributed by atoms with E-state index in [1.807, 2.05) is 26.8 Å². The Morgan fingerprint density at radius 2 is 1.74 bits per heavy atom. The average Bonchev–Trinajstić information content (AvgIpc) is 2.78. The number of hydrogen-bond donors (Lipinski definition) is 0. The van der Waals surface area contributed by atoms with Crippen molar-refractivity contribution in [1.29, 1.82) is 0 Å². The van der Waals surface area contributed by atoms with Gasteiger partial charge in [-0.1, -0.05) is 11.8 Å². The molecule has 1 fully saturated rings. The molecule has 0 bridgehead atoms. The molecule has 0 radical (unpaired) electrons. The molecule has 0 atom stereocenters. The summed E-state index contributed by atoms with van der Waals surface area (Å²) < 4.78 is 34.4. The van der Waals surface area contributed by atoms with E-state index in [1.54, 1.807) is 30.9 Å². The van der Waals surface area contributed by atoms with Crippen molar-refractivity contribution in [3.8, 4) is 11.8 Å². The van der Waals surface area contributed by atoms with Gasteiger partial charge in [0.15, 0.2) is 5.30 Å². The van der Waals surface area contributed by atoms with Gasteiger partial charge in [-0.05, 0) is 58.9 Å². The SMILES string of the molecule is CCOP(=O)(OCC)c1cc2ccc(C#CCN3CCN(C(=O)OC(C)(C)C)CC3)cc2oc1=O. The molecule has 0 unspecified atom stereocenters. The molecule has 2 heterocycles. The van der Waals surface area contributed by atoms with E-state index >= 15 is 0 Å². The van der Waals surface area contributed by atoms with Gasteiger partial charge in [-0.2, -0.15) is 0 Å². The zero-order chi connectivity index (χ0) is 25.6. The van der Waals surface area contributed by atoms with Crippen LogP contribution in [-0.2, 0) is 18.3 Å². The highest BCUT2D eigenvalue weighted by molar-refractivity contribution is 7.62. The number of carbonyl (C=O) groups is 1. The minimum atomic E-state index is -3.75. The van der Waals surface area contributed by atoms with E-state index in [0.717, 1.165) is 0 Å². The minimum Gasteiger partial charge on any atom is -0.444 e. The molecule has 3 rings (SSSR count). The van der Waals surface area contributed by atoms with E-state index in [1.165, 1.54) is 6.07 Å². The van der Waals surface area contributed by atoms with Gasteiger partial charge >= 0.3 is 19.3 Å². The molecule has 9 nitrogen and oxygen atoms in total. The molecule has 1 aromatic carbocycles. The predicted molar refractivity (Wildman–Crippen MR) is 134 cm³/mol. The first-order chi connectivity index (χ1) is 16.5. The Bertz CT molecular complexity index is 1200. The first kappa shape index (κ1) is 27.0. The topological polar surface area (TPSA) is 98.5 Å². The van der Waals surface area contributed by atoms with Gasteiger partial charge in [-0.3, -0.25) is 9.46 Å². The van der Waals surface area contributed by atoms with Gasteiger partial charge in [-0.25, -0.2) is 9.59 Å². The molecule has 1 aliphatic rings. The number of piperazine rings is 1. The quantitative estimate of drug-likeness (QED) is 0.335. The molecule has 0 saturated carbocycles. The number of hydrogen-bond acceptors (Lipinski definition) is 8. The summed E-state index contributed by atoms with van der Waals surface area (Å²) in [5, 5.41) is 0.487. The van der Waals surface area contributed by atoms with Crippen LogP contribution >= 0.6 is 7.60 Å². The molecular weight excluding hydrogens is 471 g/mol. The lowest BCUT2D eigenvalue weighted by atomic mass is 10.1. The summed E-state index contributed by atoms with van der Waals surface area (Å²) in [5.74, 6) is 6.23. The van der Waals surface area contributed by atoms with Crippen LogP contribution < -0.4 is 10.9 Å². The third-order valence-electron chi connectivity index (χ3n) is 5.17. The lowest BCUT2D eigenvalue weighted by Gasteiger charge is -2.34. The first-order valence-electron chi connectivity index (χ1n) is 11.7. The third kappa shape index (κ3) is 7.18. The monoisotopic (exact) mass is 504 g/mol. The molecule has 0 spiro atoms. The Morgan fingerprint density at radius 3 is 2.34 bits per heavy atom. The third-order valence-corrected chi connectivity index (χ3v) is 7.27. The number of carbonyl (C=O) groups excluding carboxylic acids is 1. The summed E-state index contributed by atoms with van der Waals surface area (Å²) in [6.45, 7) is 12.4. The fourth-order valence-electron chi connectivity index (χ4n) is 3.55. The van der Waals surface area contributed by atoms with Crippen molar-refractivity contribution in [3.63, 3.8) is 0 Å². The van der Waals surface area contributed by atoms with Gasteiger partial charge in [0.25, 0.3) is 0 Å². The largest absolute Gasteiger partial charge is 0.444 e. The molecule has 1 saturated heterocycles. The zero-order valence-corrected chi connectivity index (χ0v) is 21.9. The zero-order valence-electron chi connectivity index (χ0n) is 21.0. The van der Waals surface area contributed by atoms with Crippen molar-refractivity contribution in [3.05, 3.63) is 40.2 Å². The van der Waals surface area contributed by atoms with Crippen LogP contribution in [0.5, 0.6) is 0 Å². The Balaban J connectivity index is 1.66. The van der Waals surface area contributed by atoms with Crippen molar-refractivity contribution < 1.29 is 27.6 Å². The Kier molecular flexibility index (Phi) is 8.79. The molecule has 190 valence electrons. The second-order valence-corrected chi connectivity index (χ2v) is 11.0. The molecule has 1 aliphatic heterocycles. The smallest absolute Gasteiger partial charge is 0.410 e. The number of nitrogens with zero attached hydrogens (tertiary/aromatic N) is 2. The molecule has 2 aromatic rings. The second-order valence-electron chi connectivity index (χ2n) is 9.05. The fraction of sp³-hybridized carbons (Fsp3) is 0.520. The van der Waals surface area contributed by atoms with Crippen molar-refractivity contribution >= 4 is 30.0 Å². The predicted octanol–water partition coefficient (Wildman–Crippen LogP) is 3.59. The van der Waals surface area contributed by atoms with Crippen LogP contribution in [0.25, 0.3) is 11.0 Å². The molecular formula is C25H33N2O7P. The van der Waals surface area contributed by atoms with Gasteiger partial charge in [-0.15, -0.1) is 0 Å². The maximum Gasteiger partial charge on any atom is 0.410 e. The van der Waals surface area contributed by atoms with Crippen LogP contribution in [0.4, 0.5) is 4.79 Å². The van der Waals surface area contributed by atoms with Gasteiger partial charge in [0, 0.05) is 37.1 Å². The van der Waals surface area contributed by atoms with Gasteiger partial charge < -0.3 is 23.1 Å². The van der Waals surface area contributed by atoms with Crippen LogP contribution in [0.3, 0.4) is 0 Å². The highest BCUT2D eigenvalue weighted by atomic mass is 31.2. The van der Waals surface area contributed by atoms with Gasteiger partial charge in [0.2, 0.25) is 0 Å². The summed E-state index contributed by atoms with van der Waals surface area (Å²) in [7, 11) is -3.75. The van der Waals surface area contributed by atoms with E-state index < -0.39 is 18.8 Å². The maximum absolute atomic E-state index is 13.0. The Hall–Kier alpha value is -2.63. The van der Waals surface area contributed by atoms with Crippen LogP contribution in [0.2, 0.25) is 0 Å². The summed E-state index contributed by atoms with van der Waals surface area (Å²) in [5.41, 5.74) is -0.225. The van der Waals surface area contributed by atoms with Crippen LogP contribution in [0.15, 0.2) is 33.5 Å². The van der Waals surface area contributed by atoms with Crippen molar-refractivity contribution in [2.75, 3.05) is 45.9 Å². The number of ether oxygens (including phenoxy) is 1. The van der Waals surface area contributed by atoms with E-state index in [9.17, 15) is 14.2 Å². The van der Waals surface area contributed by atoms with Crippen molar-refractivity contribution in [1.82, 2.24) is 9.80 Å². The summed E-state index contributed by atoms with van der Waals surface area (Å²) in [6, 6.07) is 6.74. The van der Waals surface area contributed by atoms with E-state index in [-0.39, 0.29) is 24.6 Å². The fourth-order valence-corrected chi connectivity index (χ4v) is 5.15. The van der Waals surface area contributed by atoms with E-state index in [4.69, 9.17) is 18.2 Å². The number of amides is 1. The highest BCUT2D eigenvalue weighted by Crippen LogP contribution is 2.46. The molecule has 1 amide bonds. The standard InChI is InChI=1S/C25H33N2O7P/c1-6-31-35(30,32-7-2)22-18-20-11-10-19(17-21(20)33-23(22)28)9-8-12-26-13-15-27(16-14-26)24(29)34-25(3,4)5/h10-11,17-18H,6-7,12-16H2,1-5H3. The first-order valence-corrected chi connectivity index (χ1v) is 13.3. The van der Waals surface area contributed by atoms with Crippen LogP contribution in [0, 0.1) is 11.8 Å². The maximum atomic E-state index is 13.0. The minimum absolute atomic E-state index is 0.113. The van der Waals surface area contributed by atoms with E-state index in [2.05, 4.69) is 16.7 Å². The molecule has 0 aliphatic carbocycles. The second kappa shape index (κ2) is 11.4. The summed E-state index contributed by atoms with van der Waals surface area (Å²) in [4.78, 5) is 28.6. The normalized spacial score (nSPS) is 15.1. The van der Waals surface area contributed by atoms with Crippen LogP contribution in [-0.4, -0.2) is 67.4 Å². The molecule has 1 aromatic heterocycles. The van der Waals surface area contributed by atoms with Crippen LogP contribution in [0.1, 0.15) is 40.2 Å². The number of benzene rings is 1. The Morgan fingerprint density at radius 1 is 1.09 bits per heavy atom. The number of rotatable bonds is 6. The van der Waals surface area contributed by atoms with Gasteiger partial charge in [0.1, 0.15) is 11.2 Å². The lowest BCUT2D eigenvalue weighted by molar-refractivity contribution is 0.0155. The van der Waals surface area contributed by atoms with E-state index in [0.29, 0.717) is 49.3 Å². The van der Waals surface area contributed by atoms with Gasteiger partial charge in [0.05, 0.1) is 19.8 Å².